The SMILES string of the molecule is C[C@@]1(c2ccc(Cl)cc2F)Oc2cccc(C3=CCN(Cc4nc5cc(C(=O)O)sc5n4[I-][C@@H]4CCO4)CC3)c2O1. The third kappa shape index (κ3) is 5.01. The van der Waals surface area contributed by atoms with E-state index in [1.54, 1.807) is 25.1 Å². The quantitative estimate of drug-likeness (QED) is 0.234. The van der Waals surface area contributed by atoms with Crippen LogP contribution in [0.5, 0.6) is 11.5 Å². The molecular weight excluding hydrogens is 684 g/mol. The van der Waals surface area contributed by atoms with Crippen molar-refractivity contribution in [1.82, 2.24) is 12.7 Å². The van der Waals surface area contributed by atoms with Crippen LogP contribution < -0.4 is 31.0 Å². The monoisotopic (exact) mass is 708 g/mol. The fourth-order valence-electron chi connectivity index (χ4n) is 5.24. The zero-order chi connectivity index (χ0) is 28.3. The maximum atomic E-state index is 14.8. The van der Waals surface area contributed by atoms with Crippen molar-refractivity contribution in [3.05, 3.63) is 81.2 Å². The maximum absolute atomic E-state index is 14.8. The summed E-state index contributed by atoms with van der Waals surface area (Å²) in [4.78, 5) is 19.9. The van der Waals surface area contributed by atoms with Crippen LogP contribution in [-0.2, 0) is 17.1 Å². The zero-order valence-corrected chi connectivity index (χ0v) is 25.6. The molecule has 5 heterocycles. The normalized spacial score (nSPS) is 22.2. The van der Waals surface area contributed by atoms with Crippen LogP contribution in [0.2, 0.25) is 5.02 Å². The Balaban J connectivity index is 1.11. The Hall–Kier alpha value is -2.71. The van der Waals surface area contributed by atoms with Gasteiger partial charge in [-0.25, -0.2) is 4.39 Å². The van der Waals surface area contributed by atoms with Crippen LogP contribution in [0.25, 0.3) is 15.9 Å². The summed E-state index contributed by atoms with van der Waals surface area (Å²) in [5.74, 6) is -0.557. The van der Waals surface area contributed by atoms with Gasteiger partial charge in [0.1, 0.15) is 5.82 Å². The van der Waals surface area contributed by atoms with Gasteiger partial charge in [-0.15, -0.1) is 0 Å². The van der Waals surface area contributed by atoms with Crippen molar-refractivity contribution < 1.29 is 50.0 Å². The van der Waals surface area contributed by atoms with E-state index in [4.69, 9.17) is 30.8 Å². The molecule has 12 heteroatoms. The molecule has 0 spiro atoms. The first-order chi connectivity index (χ1) is 19.8. The van der Waals surface area contributed by atoms with E-state index >= 15 is 0 Å². The van der Waals surface area contributed by atoms with E-state index in [-0.39, 0.29) is 9.67 Å². The summed E-state index contributed by atoms with van der Waals surface area (Å²) in [6, 6.07) is 11.9. The van der Waals surface area contributed by atoms with Crippen LogP contribution >= 0.6 is 22.9 Å². The number of ether oxygens (including phenoxy) is 3. The minimum atomic E-state index is -1.30. The number of hydrogen-bond donors (Lipinski definition) is 1. The number of para-hydroxylation sites is 1. The summed E-state index contributed by atoms with van der Waals surface area (Å²) >= 11 is 6.73. The van der Waals surface area contributed by atoms with Gasteiger partial charge in [-0.05, 0) is 18.2 Å². The van der Waals surface area contributed by atoms with Gasteiger partial charge in [-0.3, -0.25) is 0 Å². The molecule has 1 fully saturated rings. The van der Waals surface area contributed by atoms with Gasteiger partial charge in [0.2, 0.25) is 0 Å². The van der Waals surface area contributed by atoms with Gasteiger partial charge >= 0.3 is 211 Å². The van der Waals surface area contributed by atoms with E-state index in [9.17, 15) is 14.3 Å². The number of nitrogens with zero attached hydrogens (tertiary/aromatic N) is 3. The Kier molecular flexibility index (Phi) is 6.97. The fraction of sp³-hybridized carbons (Fsp3) is 0.310. The molecule has 0 radical (unpaired) electrons. The van der Waals surface area contributed by atoms with Crippen LogP contribution in [0.3, 0.4) is 0 Å². The van der Waals surface area contributed by atoms with Gasteiger partial charge in [0.15, 0.2) is 0 Å². The summed E-state index contributed by atoms with van der Waals surface area (Å²) in [5.41, 5.74) is 3.12. The minimum absolute atomic E-state index is 0.239. The molecule has 41 heavy (non-hydrogen) atoms. The number of benzene rings is 2. The number of carboxylic acids is 1. The number of hydrogen-bond acceptors (Lipinski definition) is 7. The Morgan fingerprint density at radius 2 is 2.15 bits per heavy atom. The van der Waals surface area contributed by atoms with Gasteiger partial charge in [0, 0.05) is 5.02 Å². The molecule has 0 saturated carbocycles. The number of imidazole rings is 1. The molecule has 1 saturated heterocycles. The third-order valence-electron chi connectivity index (χ3n) is 7.41. The summed E-state index contributed by atoms with van der Waals surface area (Å²) in [6.07, 6.45) is 4.03. The van der Waals surface area contributed by atoms with E-state index in [0.29, 0.717) is 27.9 Å². The van der Waals surface area contributed by atoms with Gasteiger partial charge in [-0.1, -0.05) is 11.6 Å². The second-order valence-electron chi connectivity index (χ2n) is 10.2. The Morgan fingerprint density at radius 1 is 1.29 bits per heavy atom. The molecule has 2 aromatic heterocycles. The molecular formula is C29H25ClFIN3O5S-. The Bertz CT molecular complexity index is 1720. The van der Waals surface area contributed by atoms with Crippen LogP contribution in [0, 0.1) is 5.82 Å². The number of carbonyl (C=O) groups is 1. The van der Waals surface area contributed by atoms with E-state index in [2.05, 4.69) is 13.8 Å². The number of thiophene rings is 1. The molecule has 7 rings (SSSR count). The van der Waals surface area contributed by atoms with Crippen LogP contribution in [0.1, 0.15) is 46.4 Å². The van der Waals surface area contributed by atoms with E-state index in [1.165, 1.54) is 17.4 Å². The summed E-state index contributed by atoms with van der Waals surface area (Å²) in [5, 5.41) is 9.77. The fourth-order valence-corrected chi connectivity index (χ4v) is 9.47. The zero-order valence-electron chi connectivity index (χ0n) is 21.9. The predicted octanol–water partition coefficient (Wildman–Crippen LogP) is 3.12. The number of alkyl halides is 1. The number of rotatable bonds is 7. The van der Waals surface area contributed by atoms with Crippen molar-refractivity contribution in [2.24, 2.45) is 0 Å². The number of aromatic nitrogens is 2. The first-order valence-corrected chi connectivity index (χ1v) is 16.6. The standard InChI is InChI=1S/C29H25ClFIN3O5S/c1-29(19-6-5-17(30)13-20(19)31)39-22-4-2-3-18(26(22)40-29)16-7-10-34(11-8-16)15-25-33-21-14-23(28(36)37)41-27(21)35(25)32-24-9-12-38-24/h2-7,13-14,24H,8-12,15H2,1H3,(H,36,37)/q-1/t24-,29+/m0/s1. The van der Waals surface area contributed by atoms with Crippen molar-refractivity contribution in [2.75, 3.05) is 19.7 Å². The summed E-state index contributed by atoms with van der Waals surface area (Å²) in [7, 11) is 0. The van der Waals surface area contributed by atoms with Crippen molar-refractivity contribution in [1.29, 1.82) is 0 Å². The van der Waals surface area contributed by atoms with Crippen molar-refractivity contribution in [3.63, 3.8) is 0 Å². The Labute approximate surface area is 254 Å². The number of fused-ring (bicyclic) bond motifs is 2. The first kappa shape index (κ1) is 27.1. The van der Waals surface area contributed by atoms with Crippen molar-refractivity contribution in [2.45, 2.75) is 36.2 Å². The molecule has 0 amide bonds. The number of halogens is 3. The molecule has 3 aliphatic heterocycles. The molecule has 0 aliphatic carbocycles. The van der Waals surface area contributed by atoms with Gasteiger partial charge in [-0.2, -0.15) is 0 Å². The van der Waals surface area contributed by atoms with Crippen LogP contribution in [-0.4, -0.2) is 47.5 Å². The summed E-state index contributed by atoms with van der Waals surface area (Å²) in [6.45, 7) is 4.71. The molecule has 0 bridgehead atoms. The van der Waals surface area contributed by atoms with E-state index < -0.39 is 39.1 Å². The van der Waals surface area contributed by atoms with E-state index in [1.807, 2.05) is 18.2 Å². The van der Waals surface area contributed by atoms with Crippen molar-refractivity contribution in [3.8, 4) is 11.5 Å². The average Bonchev–Trinajstić information content (AvgIpc) is 3.57. The Morgan fingerprint density at radius 3 is 2.85 bits per heavy atom. The van der Waals surface area contributed by atoms with Crippen molar-refractivity contribution >= 4 is 44.8 Å². The average molecular weight is 709 g/mol. The predicted molar refractivity (Wildman–Crippen MR) is 149 cm³/mol. The van der Waals surface area contributed by atoms with Crippen LogP contribution in [0.4, 0.5) is 4.39 Å². The van der Waals surface area contributed by atoms with E-state index in [0.717, 1.165) is 59.8 Å². The first-order valence-electron chi connectivity index (χ1n) is 13.2. The molecule has 3 aliphatic rings. The number of carboxylic acid groups (broad SMARTS) is 1. The van der Waals surface area contributed by atoms with Gasteiger partial charge < -0.3 is 0 Å². The van der Waals surface area contributed by atoms with Crippen LogP contribution in [0.15, 0.2) is 48.5 Å². The van der Waals surface area contributed by atoms with Gasteiger partial charge in [0.25, 0.3) is 0 Å². The third-order valence-corrected chi connectivity index (χ3v) is 12.3. The molecule has 8 nitrogen and oxygen atoms in total. The second kappa shape index (κ2) is 10.5. The summed E-state index contributed by atoms with van der Waals surface area (Å²) < 4.78 is 35.4. The molecule has 0 unspecified atom stereocenters. The number of aromatic carboxylic acids is 1. The molecule has 214 valence electrons. The molecule has 4 aromatic rings. The molecule has 2 aromatic carbocycles. The van der Waals surface area contributed by atoms with Gasteiger partial charge in [0.05, 0.1) is 0 Å². The second-order valence-corrected chi connectivity index (χ2v) is 14.6. The molecule has 2 atom stereocenters. The molecule has 1 N–H and O–H groups in total. The topological polar surface area (TPSA) is 86.1 Å².